The van der Waals surface area contributed by atoms with E-state index in [1.807, 2.05) is 0 Å². The summed E-state index contributed by atoms with van der Waals surface area (Å²) in [5.74, 6) is 0. The van der Waals surface area contributed by atoms with Crippen molar-refractivity contribution in [3.8, 4) is 0 Å². The number of rotatable bonds is 2. The second kappa shape index (κ2) is 7.49. The molecule has 0 spiro atoms. The number of halogens is 2. The second-order valence-corrected chi connectivity index (χ2v) is 5.23. The van der Waals surface area contributed by atoms with E-state index in [0.717, 1.165) is 0 Å². The van der Waals surface area contributed by atoms with Gasteiger partial charge in [-0.25, -0.2) is 0 Å². The van der Waals surface area contributed by atoms with Gasteiger partial charge in [0.25, 0.3) is 0 Å². The Labute approximate surface area is 81.3 Å². The average molecular weight is 280 g/mol. The molecular weight excluding hydrogens is 267 g/mol. The van der Waals surface area contributed by atoms with Crippen LogP contribution >= 0.6 is 0 Å². The van der Waals surface area contributed by atoms with Crippen molar-refractivity contribution in [3.63, 3.8) is 0 Å². The van der Waals surface area contributed by atoms with Crippen molar-refractivity contribution < 1.29 is 9.41 Å². The van der Waals surface area contributed by atoms with Gasteiger partial charge in [-0.1, -0.05) is 0 Å². The minimum atomic E-state index is -0.238. The molecule has 0 fully saturated rings. The summed E-state index contributed by atoms with van der Waals surface area (Å²) in [4.78, 5) is 2.32. The average Bonchev–Trinajstić information content (AvgIpc) is 2.05. The summed E-state index contributed by atoms with van der Waals surface area (Å²) in [5.41, 5.74) is 6.76. The summed E-state index contributed by atoms with van der Waals surface area (Å²) < 4.78 is 1.53. The Morgan fingerprint density at radius 1 is 1.33 bits per heavy atom. The molecule has 0 aliphatic carbocycles. The van der Waals surface area contributed by atoms with Crippen molar-refractivity contribution in [2.45, 2.75) is 11.5 Å². The molecule has 1 nitrogen and oxygen atoms in total. The molecule has 0 unspecified atom stereocenters. The topological polar surface area (TPSA) is 26.0 Å². The molecule has 0 aliphatic rings. The van der Waals surface area contributed by atoms with Gasteiger partial charge < -0.3 is 0 Å². The van der Waals surface area contributed by atoms with E-state index >= 15 is 0 Å². The number of nitrogens with two attached hydrogens (primary N) is 1. The molecule has 0 saturated carbocycles. The standard InChI is InChI=1S/C7H8N.CH3.2FH.Sn/c8-6-7-4-2-1-3-5-7;;;;/h1-2,4-5H,6,8H2;1H3;2*1H;. The Balaban J connectivity index is 0. The van der Waals surface area contributed by atoms with Crippen LogP contribution in [0.3, 0.4) is 0 Å². The molecule has 0 aliphatic heterocycles. The van der Waals surface area contributed by atoms with E-state index in [2.05, 4.69) is 29.2 Å². The summed E-state index contributed by atoms with van der Waals surface area (Å²) in [6.07, 6.45) is 0. The molecule has 12 heavy (non-hydrogen) atoms. The summed E-state index contributed by atoms with van der Waals surface area (Å²) in [5, 5.41) is 0. The fraction of sp³-hybridized carbons (Fsp3) is 0.250. The van der Waals surface area contributed by atoms with E-state index in [4.69, 9.17) is 5.73 Å². The third-order valence-electron chi connectivity index (χ3n) is 1.45. The number of hydrogen-bond donors (Lipinski definition) is 1. The van der Waals surface area contributed by atoms with E-state index in [9.17, 15) is 0 Å². The van der Waals surface area contributed by atoms with E-state index in [-0.39, 0.29) is 30.6 Å². The molecule has 0 amide bonds. The first-order valence-corrected chi connectivity index (χ1v) is 7.61. The molecule has 4 heteroatoms. The number of hydrogen-bond acceptors (Lipinski definition) is 1. The molecule has 68 valence electrons. The molecule has 2 N–H and O–H groups in total. The van der Waals surface area contributed by atoms with Gasteiger partial charge in [-0.3, -0.25) is 9.41 Å². The predicted octanol–water partition coefficient (Wildman–Crippen LogP) is 0.828. The Kier molecular flexibility index (Phi) is 8.96. The molecule has 0 aromatic heterocycles. The molecule has 1 aromatic carbocycles. The van der Waals surface area contributed by atoms with Gasteiger partial charge in [0.05, 0.1) is 0 Å². The number of benzene rings is 1. The van der Waals surface area contributed by atoms with E-state index < -0.39 is 0 Å². The molecule has 1 rings (SSSR count). The van der Waals surface area contributed by atoms with Crippen molar-refractivity contribution >= 4 is 24.7 Å². The Bertz CT molecular complexity index is 199. The molecule has 0 saturated heterocycles. The van der Waals surface area contributed by atoms with Gasteiger partial charge in [-0.15, -0.1) is 0 Å². The summed E-state index contributed by atoms with van der Waals surface area (Å²) in [7, 11) is 0. The molecule has 2 radical (unpaired) electrons. The first-order valence-electron chi connectivity index (χ1n) is 3.33. The maximum absolute atomic E-state index is 5.49. The zero-order valence-electron chi connectivity index (χ0n) is 6.91. The SMILES string of the molecule is F.F.[CH3][Sn][c]1cccc(CN)c1. The van der Waals surface area contributed by atoms with E-state index in [0.29, 0.717) is 6.54 Å². The normalized spacial score (nSPS) is 8.17. The van der Waals surface area contributed by atoms with E-state index in [1.165, 1.54) is 9.14 Å². The van der Waals surface area contributed by atoms with Gasteiger partial charge >= 0.3 is 71.8 Å². The molecule has 0 heterocycles. The molecule has 1 aromatic rings. The molecule has 0 bridgehead atoms. The van der Waals surface area contributed by atoms with Gasteiger partial charge in [0.2, 0.25) is 0 Å². The zero-order valence-corrected chi connectivity index (χ0v) is 9.76. The fourth-order valence-electron chi connectivity index (χ4n) is 0.854. The van der Waals surface area contributed by atoms with Crippen molar-refractivity contribution in [3.05, 3.63) is 29.8 Å². The van der Waals surface area contributed by atoms with Crippen LogP contribution in [0.1, 0.15) is 5.56 Å². The van der Waals surface area contributed by atoms with Crippen LogP contribution < -0.4 is 9.31 Å². The van der Waals surface area contributed by atoms with Crippen LogP contribution in [0, 0.1) is 0 Å². The van der Waals surface area contributed by atoms with Crippen molar-refractivity contribution in [2.75, 3.05) is 0 Å². The third kappa shape index (κ3) is 4.01. The van der Waals surface area contributed by atoms with Gasteiger partial charge in [-0.2, -0.15) is 0 Å². The van der Waals surface area contributed by atoms with Crippen LogP contribution in [0.15, 0.2) is 24.3 Å². The zero-order chi connectivity index (χ0) is 7.40. The molecular formula is C8H13F2NSn. The second-order valence-electron chi connectivity index (χ2n) is 2.15. The Morgan fingerprint density at radius 3 is 2.50 bits per heavy atom. The van der Waals surface area contributed by atoms with Crippen LogP contribution in [0.25, 0.3) is 0 Å². The first kappa shape index (κ1) is 14.4. The summed E-state index contributed by atoms with van der Waals surface area (Å²) in [6, 6.07) is 8.61. The predicted molar refractivity (Wildman–Crippen MR) is 50.6 cm³/mol. The van der Waals surface area contributed by atoms with Crippen LogP contribution in [-0.4, -0.2) is 21.1 Å². The van der Waals surface area contributed by atoms with Gasteiger partial charge in [-0.05, 0) is 0 Å². The Hall–Kier alpha value is -0.161. The van der Waals surface area contributed by atoms with Gasteiger partial charge in [0, 0.05) is 0 Å². The summed E-state index contributed by atoms with van der Waals surface area (Å²) in [6.45, 7) is 0.674. The maximum atomic E-state index is 5.49. The van der Waals surface area contributed by atoms with Crippen LogP contribution in [0.2, 0.25) is 4.94 Å². The van der Waals surface area contributed by atoms with Crippen LogP contribution in [0.4, 0.5) is 9.41 Å². The minimum absolute atomic E-state index is 0. The van der Waals surface area contributed by atoms with Crippen molar-refractivity contribution in [1.29, 1.82) is 0 Å². The Morgan fingerprint density at radius 2 is 2.00 bits per heavy atom. The van der Waals surface area contributed by atoms with Gasteiger partial charge in [0.1, 0.15) is 0 Å². The third-order valence-corrected chi connectivity index (χ3v) is 3.99. The fourth-order valence-corrected chi connectivity index (χ4v) is 2.55. The monoisotopic (exact) mass is 281 g/mol. The first-order chi connectivity index (χ1) is 4.86. The van der Waals surface area contributed by atoms with E-state index in [1.54, 1.807) is 0 Å². The van der Waals surface area contributed by atoms with Crippen LogP contribution in [0.5, 0.6) is 0 Å². The van der Waals surface area contributed by atoms with Crippen molar-refractivity contribution in [2.24, 2.45) is 5.73 Å². The van der Waals surface area contributed by atoms with Gasteiger partial charge in [0.15, 0.2) is 0 Å². The quantitative estimate of drug-likeness (QED) is 0.798. The van der Waals surface area contributed by atoms with Crippen LogP contribution in [-0.2, 0) is 6.54 Å². The van der Waals surface area contributed by atoms with Crippen molar-refractivity contribution in [1.82, 2.24) is 0 Å². The summed E-state index contributed by atoms with van der Waals surface area (Å²) >= 11 is -0.238. The molecule has 0 atom stereocenters.